The van der Waals surface area contributed by atoms with Crippen molar-refractivity contribution >= 4 is 17.8 Å². The van der Waals surface area contributed by atoms with Crippen molar-refractivity contribution in [2.75, 3.05) is 19.9 Å². The number of rotatable bonds is 7. The van der Waals surface area contributed by atoms with Crippen LogP contribution >= 0.6 is 0 Å². The fourth-order valence-electron chi connectivity index (χ4n) is 3.05. The number of ether oxygens (including phenoxy) is 2. The third-order valence-electron chi connectivity index (χ3n) is 4.63. The van der Waals surface area contributed by atoms with Gasteiger partial charge in [-0.2, -0.15) is 0 Å². The number of imide groups is 1. The predicted molar refractivity (Wildman–Crippen MR) is 92.7 cm³/mol. The van der Waals surface area contributed by atoms with E-state index in [1.54, 1.807) is 25.1 Å². The minimum Gasteiger partial charge on any atom is -0.454 e. The van der Waals surface area contributed by atoms with Crippen LogP contribution in [0.3, 0.4) is 0 Å². The molecule has 0 bridgehead atoms. The molecular weight excluding hydrogens is 338 g/mol. The van der Waals surface area contributed by atoms with E-state index < -0.39 is 17.5 Å². The Morgan fingerprint density at radius 3 is 2.81 bits per heavy atom. The van der Waals surface area contributed by atoms with Gasteiger partial charge in [0.1, 0.15) is 12.1 Å². The number of unbranched alkanes of at least 4 members (excludes halogenated alkanes) is 2. The summed E-state index contributed by atoms with van der Waals surface area (Å²) in [5.41, 5.74) is -0.674. The maximum atomic E-state index is 12.8. The first-order valence-corrected chi connectivity index (χ1v) is 8.76. The maximum Gasteiger partial charge on any atom is 0.325 e. The molecule has 1 fully saturated rings. The number of fused-ring (bicyclic) bond motifs is 1. The Kier molecular flexibility index (Phi) is 5.01. The molecule has 0 unspecified atom stereocenters. The molecule has 0 saturated carbocycles. The molecule has 1 atom stereocenters. The highest BCUT2D eigenvalue weighted by Gasteiger charge is 2.49. The lowest BCUT2D eigenvalue weighted by Crippen LogP contribution is -2.43. The third kappa shape index (κ3) is 3.31. The van der Waals surface area contributed by atoms with Crippen LogP contribution in [-0.2, 0) is 15.1 Å². The zero-order valence-electron chi connectivity index (χ0n) is 15.0. The van der Waals surface area contributed by atoms with E-state index in [4.69, 9.17) is 9.47 Å². The standard InChI is InChI=1S/C18H23N3O5/c1-3-4-5-8-19-15(22)10-21-16(23)18(2,20-17(21)24)12-6-7-13-14(9-12)26-11-25-13/h6-7,9H,3-5,8,10-11H2,1-2H3,(H,19,22)(H,20,24)/t18-/m0/s1. The van der Waals surface area contributed by atoms with E-state index in [0.29, 0.717) is 23.6 Å². The van der Waals surface area contributed by atoms with Crippen LogP contribution in [0.1, 0.15) is 38.7 Å². The first-order valence-electron chi connectivity index (χ1n) is 8.76. The summed E-state index contributed by atoms with van der Waals surface area (Å²) in [6.07, 6.45) is 2.94. The van der Waals surface area contributed by atoms with Crippen LogP contribution in [0.2, 0.25) is 0 Å². The topological polar surface area (TPSA) is 97.0 Å². The molecule has 140 valence electrons. The lowest BCUT2D eigenvalue weighted by molar-refractivity contribution is -0.134. The zero-order valence-corrected chi connectivity index (χ0v) is 15.0. The molecule has 0 aromatic heterocycles. The second-order valence-corrected chi connectivity index (χ2v) is 6.57. The summed E-state index contributed by atoms with van der Waals surface area (Å²) in [4.78, 5) is 38.1. The van der Waals surface area contributed by atoms with Gasteiger partial charge in [-0.1, -0.05) is 25.8 Å². The number of carbonyl (C=O) groups excluding carboxylic acids is 3. The molecule has 2 aliphatic rings. The number of hydrogen-bond acceptors (Lipinski definition) is 5. The molecule has 8 nitrogen and oxygen atoms in total. The Morgan fingerprint density at radius 2 is 2.04 bits per heavy atom. The Hall–Kier alpha value is -2.77. The molecule has 3 rings (SSSR count). The van der Waals surface area contributed by atoms with E-state index in [1.165, 1.54) is 0 Å². The summed E-state index contributed by atoms with van der Waals surface area (Å²) in [6, 6.07) is 4.50. The molecule has 8 heteroatoms. The van der Waals surface area contributed by atoms with Gasteiger partial charge in [-0.15, -0.1) is 0 Å². The van der Waals surface area contributed by atoms with Gasteiger partial charge in [0.05, 0.1) is 0 Å². The van der Waals surface area contributed by atoms with Crippen molar-refractivity contribution in [2.24, 2.45) is 0 Å². The van der Waals surface area contributed by atoms with E-state index in [0.717, 1.165) is 24.2 Å². The lowest BCUT2D eigenvalue weighted by atomic mass is 9.91. The van der Waals surface area contributed by atoms with E-state index in [1.807, 2.05) is 0 Å². The van der Waals surface area contributed by atoms with Gasteiger partial charge in [-0.05, 0) is 31.0 Å². The highest BCUT2D eigenvalue weighted by Crippen LogP contribution is 2.37. The van der Waals surface area contributed by atoms with Gasteiger partial charge in [0.2, 0.25) is 12.7 Å². The number of nitrogens with one attached hydrogen (secondary N) is 2. The Balaban J connectivity index is 1.69. The van der Waals surface area contributed by atoms with Crippen LogP contribution in [0.5, 0.6) is 11.5 Å². The first kappa shape index (κ1) is 18.0. The number of hydrogen-bond donors (Lipinski definition) is 2. The Labute approximate surface area is 151 Å². The predicted octanol–water partition coefficient (Wildman–Crippen LogP) is 1.49. The van der Waals surface area contributed by atoms with E-state index in [-0.39, 0.29) is 19.2 Å². The molecule has 1 aromatic carbocycles. The van der Waals surface area contributed by atoms with Crippen molar-refractivity contribution in [3.8, 4) is 11.5 Å². The molecule has 0 aliphatic carbocycles. The number of urea groups is 1. The number of carbonyl (C=O) groups is 3. The van der Waals surface area contributed by atoms with Crippen LogP contribution in [-0.4, -0.2) is 42.6 Å². The van der Waals surface area contributed by atoms with E-state index in [9.17, 15) is 14.4 Å². The van der Waals surface area contributed by atoms with Crippen LogP contribution < -0.4 is 20.1 Å². The van der Waals surface area contributed by atoms with Gasteiger partial charge >= 0.3 is 6.03 Å². The van der Waals surface area contributed by atoms with Crippen molar-refractivity contribution in [1.82, 2.24) is 15.5 Å². The van der Waals surface area contributed by atoms with Crippen LogP contribution in [0.4, 0.5) is 4.79 Å². The number of nitrogens with zero attached hydrogens (tertiary/aromatic N) is 1. The van der Waals surface area contributed by atoms with Gasteiger partial charge in [0, 0.05) is 6.54 Å². The summed E-state index contributed by atoms with van der Waals surface area (Å²) in [5.74, 6) is 0.306. The van der Waals surface area contributed by atoms with E-state index in [2.05, 4.69) is 17.6 Å². The monoisotopic (exact) mass is 361 g/mol. The molecule has 0 spiro atoms. The quantitative estimate of drug-likeness (QED) is 0.566. The summed E-state index contributed by atoms with van der Waals surface area (Å²) in [7, 11) is 0. The minimum atomic E-state index is -1.25. The maximum absolute atomic E-state index is 12.8. The molecule has 0 radical (unpaired) electrons. The molecule has 1 saturated heterocycles. The van der Waals surface area contributed by atoms with Gasteiger partial charge in [0.15, 0.2) is 11.5 Å². The molecule has 4 amide bonds. The molecule has 2 N–H and O–H groups in total. The molecule has 1 aromatic rings. The highest BCUT2D eigenvalue weighted by molar-refractivity contribution is 6.09. The summed E-state index contributed by atoms with van der Waals surface area (Å²) < 4.78 is 10.6. The second-order valence-electron chi connectivity index (χ2n) is 6.57. The van der Waals surface area contributed by atoms with E-state index >= 15 is 0 Å². The minimum absolute atomic E-state index is 0.125. The van der Waals surface area contributed by atoms with Crippen LogP contribution in [0, 0.1) is 0 Å². The second kappa shape index (κ2) is 7.23. The smallest absolute Gasteiger partial charge is 0.325 e. The van der Waals surface area contributed by atoms with Crippen molar-refractivity contribution in [2.45, 2.75) is 38.6 Å². The fraction of sp³-hybridized carbons (Fsp3) is 0.500. The molecule has 26 heavy (non-hydrogen) atoms. The average Bonchev–Trinajstić information content (AvgIpc) is 3.17. The molecule has 2 aliphatic heterocycles. The third-order valence-corrected chi connectivity index (χ3v) is 4.63. The Bertz CT molecular complexity index is 736. The van der Waals surface area contributed by atoms with Crippen LogP contribution in [0.25, 0.3) is 0 Å². The summed E-state index contributed by atoms with van der Waals surface area (Å²) in [6.45, 7) is 4.06. The first-order chi connectivity index (χ1) is 12.5. The normalized spacial score (nSPS) is 21.1. The molecule has 2 heterocycles. The van der Waals surface area contributed by atoms with Crippen molar-refractivity contribution in [1.29, 1.82) is 0 Å². The largest absolute Gasteiger partial charge is 0.454 e. The Morgan fingerprint density at radius 1 is 1.27 bits per heavy atom. The average molecular weight is 361 g/mol. The van der Waals surface area contributed by atoms with Crippen molar-refractivity contribution in [3.63, 3.8) is 0 Å². The summed E-state index contributed by atoms with van der Waals surface area (Å²) >= 11 is 0. The van der Waals surface area contributed by atoms with Gasteiger partial charge < -0.3 is 20.1 Å². The molecular formula is C18H23N3O5. The highest BCUT2D eigenvalue weighted by atomic mass is 16.7. The number of amides is 4. The van der Waals surface area contributed by atoms with Gasteiger partial charge in [-0.25, -0.2) is 4.79 Å². The van der Waals surface area contributed by atoms with Gasteiger partial charge in [0.25, 0.3) is 5.91 Å². The van der Waals surface area contributed by atoms with Gasteiger partial charge in [-0.3, -0.25) is 14.5 Å². The summed E-state index contributed by atoms with van der Waals surface area (Å²) in [5, 5.41) is 5.42. The van der Waals surface area contributed by atoms with Crippen molar-refractivity contribution < 1.29 is 23.9 Å². The lowest BCUT2D eigenvalue weighted by Gasteiger charge is -2.22. The fourth-order valence-corrected chi connectivity index (χ4v) is 3.05. The van der Waals surface area contributed by atoms with Crippen molar-refractivity contribution in [3.05, 3.63) is 23.8 Å². The number of benzene rings is 1. The SMILES string of the molecule is CCCCCNC(=O)CN1C(=O)N[C@@](C)(c2ccc3c(c2)OCO3)C1=O. The zero-order chi connectivity index (χ0) is 18.7. The van der Waals surface area contributed by atoms with Crippen LogP contribution in [0.15, 0.2) is 18.2 Å².